The number of nitrogens with one attached hydrogen (secondary N) is 2. The summed E-state index contributed by atoms with van der Waals surface area (Å²) >= 11 is 3.37. The first-order chi connectivity index (χ1) is 11.9. The first kappa shape index (κ1) is 19.0. The fourth-order valence-corrected chi connectivity index (χ4v) is 2.34. The Kier molecular flexibility index (Phi) is 7.01. The second-order valence-corrected chi connectivity index (χ2v) is 6.74. The average Bonchev–Trinajstić information content (AvgIpc) is 2.56. The van der Waals surface area contributed by atoms with Crippen LogP contribution in [0.3, 0.4) is 0 Å². The van der Waals surface area contributed by atoms with E-state index in [2.05, 4.69) is 26.6 Å². The molecule has 2 amide bonds. The van der Waals surface area contributed by atoms with Crippen LogP contribution in [0.1, 0.15) is 20.3 Å². The van der Waals surface area contributed by atoms with E-state index in [9.17, 15) is 9.59 Å². The lowest BCUT2D eigenvalue weighted by atomic mass is 10.2. The second kappa shape index (κ2) is 9.22. The van der Waals surface area contributed by atoms with Gasteiger partial charge in [0.2, 0.25) is 11.8 Å². The first-order valence-corrected chi connectivity index (χ1v) is 8.82. The van der Waals surface area contributed by atoms with Crippen LogP contribution in [0.4, 0.5) is 11.4 Å². The Labute approximate surface area is 155 Å². The summed E-state index contributed by atoms with van der Waals surface area (Å²) in [6.45, 7) is 3.96. The molecule has 2 aromatic carbocycles. The third-order valence-corrected chi connectivity index (χ3v) is 3.85. The summed E-state index contributed by atoms with van der Waals surface area (Å²) < 4.78 is 6.47. The zero-order valence-electron chi connectivity index (χ0n) is 14.2. The Hall–Kier alpha value is -2.34. The van der Waals surface area contributed by atoms with Crippen LogP contribution < -0.4 is 15.4 Å². The van der Waals surface area contributed by atoms with E-state index in [1.54, 1.807) is 24.3 Å². The first-order valence-electron chi connectivity index (χ1n) is 8.03. The topological polar surface area (TPSA) is 67.4 Å². The third-order valence-electron chi connectivity index (χ3n) is 3.35. The smallest absolute Gasteiger partial charge is 0.227 e. The number of rotatable bonds is 7. The molecule has 0 heterocycles. The van der Waals surface area contributed by atoms with Crippen molar-refractivity contribution in [3.05, 3.63) is 53.0 Å². The number of anilines is 2. The molecule has 0 aliphatic rings. The predicted octanol–water partition coefficient (Wildman–Crippen LogP) is 4.45. The van der Waals surface area contributed by atoms with Gasteiger partial charge in [-0.2, -0.15) is 0 Å². The van der Waals surface area contributed by atoms with Gasteiger partial charge in [-0.1, -0.05) is 35.8 Å². The van der Waals surface area contributed by atoms with E-state index in [1.807, 2.05) is 38.1 Å². The number of hydrogen-bond donors (Lipinski definition) is 2. The van der Waals surface area contributed by atoms with Gasteiger partial charge in [0, 0.05) is 21.8 Å². The average molecular weight is 405 g/mol. The number of amides is 2. The SMILES string of the molecule is CC(C)C(=O)Nc1ccc(NC(=O)CCOc2cccc(Br)c2)cc1. The molecule has 0 radical (unpaired) electrons. The number of benzene rings is 2. The molecule has 0 spiro atoms. The monoisotopic (exact) mass is 404 g/mol. The van der Waals surface area contributed by atoms with Crippen molar-refractivity contribution in [3.63, 3.8) is 0 Å². The van der Waals surface area contributed by atoms with E-state index in [4.69, 9.17) is 4.74 Å². The van der Waals surface area contributed by atoms with E-state index < -0.39 is 0 Å². The summed E-state index contributed by atoms with van der Waals surface area (Å²) in [6, 6.07) is 14.5. The van der Waals surface area contributed by atoms with Gasteiger partial charge in [-0.3, -0.25) is 9.59 Å². The summed E-state index contributed by atoms with van der Waals surface area (Å²) in [5.41, 5.74) is 1.38. The highest BCUT2D eigenvalue weighted by Gasteiger charge is 2.07. The van der Waals surface area contributed by atoms with Gasteiger partial charge in [-0.25, -0.2) is 0 Å². The van der Waals surface area contributed by atoms with Crippen molar-refractivity contribution in [1.82, 2.24) is 0 Å². The standard InChI is InChI=1S/C19H21BrN2O3/c1-13(2)19(24)22-16-8-6-15(7-9-16)21-18(23)10-11-25-17-5-3-4-14(20)12-17/h3-9,12-13H,10-11H2,1-2H3,(H,21,23)(H,22,24). The van der Waals surface area contributed by atoms with Gasteiger partial charge in [0.05, 0.1) is 13.0 Å². The van der Waals surface area contributed by atoms with Crippen molar-refractivity contribution >= 4 is 39.1 Å². The Morgan fingerprint density at radius 3 is 2.28 bits per heavy atom. The van der Waals surface area contributed by atoms with Gasteiger partial charge < -0.3 is 15.4 Å². The fourth-order valence-electron chi connectivity index (χ4n) is 1.97. The number of hydrogen-bond acceptors (Lipinski definition) is 3. The fraction of sp³-hybridized carbons (Fsp3) is 0.263. The van der Waals surface area contributed by atoms with Crippen LogP contribution in [0.15, 0.2) is 53.0 Å². The van der Waals surface area contributed by atoms with Crippen LogP contribution >= 0.6 is 15.9 Å². The maximum atomic E-state index is 12.0. The lowest BCUT2D eigenvalue weighted by Gasteiger charge is -2.10. The van der Waals surface area contributed by atoms with Crippen molar-refractivity contribution in [2.75, 3.05) is 17.2 Å². The molecule has 0 atom stereocenters. The molecule has 0 aliphatic heterocycles. The van der Waals surface area contributed by atoms with Crippen LogP contribution in [0.5, 0.6) is 5.75 Å². The van der Waals surface area contributed by atoms with Gasteiger partial charge in [-0.05, 0) is 42.5 Å². The zero-order valence-corrected chi connectivity index (χ0v) is 15.8. The molecule has 0 unspecified atom stereocenters. The minimum Gasteiger partial charge on any atom is -0.493 e. The molecule has 0 fully saturated rings. The van der Waals surface area contributed by atoms with Crippen molar-refractivity contribution < 1.29 is 14.3 Å². The molecule has 2 N–H and O–H groups in total. The number of carbonyl (C=O) groups is 2. The van der Waals surface area contributed by atoms with Crippen LogP contribution in [0, 0.1) is 5.92 Å². The largest absolute Gasteiger partial charge is 0.493 e. The van der Waals surface area contributed by atoms with E-state index >= 15 is 0 Å². The number of ether oxygens (including phenoxy) is 1. The van der Waals surface area contributed by atoms with Gasteiger partial charge in [-0.15, -0.1) is 0 Å². The molecule has 25 heavy (non-hydrogen) atoms. The summed E-state index contributed by atoms with van der Waals surface area (Å²) in [6.07, 6.45) is 0.248. The molecule has 0 saturated heterocycles. The van der Waals surface area contributed by atoms with E-state index in [1.165, 1.54) is 0 Å². The van der Waals surface area contributed by atoms with Gasteiger partial charge >= 0.3 is 0 Å². The molecule has 0 aromatic heterocycles. The predicted molar refractivity (Wildman–Crippen MR) is 103 cm³/mol. The van der Waals surface area contributed by atoms with Gasteiger partial charge in [0.1, 0.15) is 5.75 Å². The van der Waals surface area contributed by atoms with E-state index in [0.717, 1.165) is 4.47 Å². The highest BCUT2D eigenvalue weighted by molar-refractivity contribution is 9.10. The number of carbonyl (C=O) groups excluding carboxylic acids is 2. The molecule has 0 bridgehead atoms. The summed E-state index contributed by atoms with van der Waals surface area (Å²) in [5.74, 6) is 0.465. The highest BCUT2D eigenvalue weighted by atomic mass is 79.9. The lowest BCUT2D eigenvalue weighted by molar-refractivity contribution is -0.119. The normalized spacial score (nSPS) is 10.4. The molecular formula is C19H21BrN2O3. The van der Waals surface area contributed by atoms with E-state index in [-0.39, 0.29) is 24.2 Å². The lowest BCUT2D eigenvalue weighted by Crippen LogP contribution is -2.18. The minimum absolute atomic E-state index is 0.0403. The maximum absolute atomic E-state index is 12.0. The molecule has 6 heteroatoms. The van der Waals surface area contributed by atoms with Crippen LogP contribution in [-0.2, 0) is 9.59 Å². The summed E-state index contributed by atoms with van der Waals surface area (Å²) in [7, 11) is 0. The molecular weight excluding hydrogens is 384 g/mol. The van der Waals surface area contributed by atoms with Gasteiger partial charge in [0.25, 0.3) is 0 Å². The molecule has 2 aromatic rings. The van der Waals surface area contributed by atoms with Crippen LogP contribution in [0.25, 0.3) is 0 Å². The molecule has 0 aliphatic carbocycles. The van der Waals surface area contributed by atoms with E-state index in [0.29, 0.717) is 23.7 Å². The zero-order chi connectivity index (χ0) is 18.2. The summed E-state index contributed by atoms with van der Waals surface area (Å²) in [4.78, 5) is 23.6. The quantitative estimate of drug-likeness (QED) is 0.715. The Morgan fingerprint density at radius 1 is 1.04 bits per heavy atom. The van der Waals surface area contributed by atoms with Crippen molar-refractivity contribution in [1.29, 1.82) is 0 Å². The van der Waals surface area contributed by atoms with Crippen molar-refractivity contribution in [2.45, 2.75) is 20.3 Å². The minimum atomic E-state index is -0.131. The van der Waals surface area contributed by atoms with Crippen LogP contribution in [-0.4, -0.2) is 18.4 Å². The Bertz CT molecular complexity index is 730. The maximum Gasteiger partial charge on any atom is 0.227 e. The van der Waals surface area contributed by atoms with Gasteiger partial charge in [0.15, 0.2) is 0 Å². The molecule has 5 nitrogen and oxygen atoms in total. The van der Waals surface area contributed by atoms with Crippen molar-refractivity contribution in [2.24, 2.45) is 5.92 Å². The van der Waals surface area contributed by atoms with Crippen molar-refractivity contribution in [3.8, 4) is 5.75 Å². The third kappa shape index (κ3) is 6.58. The Morgan fingerprint density at radius 2 is 1.68 bits per heavy atom. The molecule has 2 rings (SSSR count). The molecule has 0 saturated carbocycles. The summed E-state index contributed by atoms with van der Waals surface area (Å²) in [5, 5.41) is 5.61. The molecule has 132 valence electrons. The second-order valence-electron chi connectivity index (χ2n) is 5.83. The number of halogens is 1. The highest BCUT2D eigenvalue weighted by Crippen LogP contribution is 2.18. The van der Waals surface area contributed by atoms with Crippen LogP contribution in [0.2, 0.25) is 0 Å². The Balaban J connectivity index is 1.77.